The Labute approximate surface area is 93.7 Å². The monoisotopic (exact) mass is 225 g/mol. The number of ether oxygens (including phenoxy) is 3. The number of methoxy groups -OCH3 is 1. The highest BCUT2D eigenvalue weighted by Crippen LogP contribution is 2.41. The molecule has 0 saturated heterocycles. The van der Waals surface area contributed by atoms with Crippen LogP contribution in [0.15, 0.2) is 12.1 Å². The zero-order valence-electron chi connectivity index (χ0n) is 9.10. The van der Waals surface area contributed by atoms with Crippen LogP contribution >= 0.6 is 0 Å². The Hall–Kier alpha value is -1.46. The summed E-state index contributed by atoms with van der Waals surface area (Å²) in [5, 5.41) is 9.67. The zero-order chi connectivity index (χ0) is 11.5. The lowest BCUT2D eigenvalue weighted by atomic mass is 10.1. The first-order chi connectivity index (χ1) is 7.76. The van der Waals surface area contributed by atoms with Gasteiger partial charge in [0.1, 0.15) is 13.2 Å². The molecule has 1 aliphatic rings. The van der Waals surface area contributed by atoms with E-state index < -0.39 is 6.10 Å². The van der Waals surface area contributed by atoms with Crippen LogP contribution in [0.4, 0.5) is 0 Å². The molecule has 16 heavy (non-hydrogen) atoms. The number of hydrogen-bond acceptors (Lipinski definition) is 5. The van der Waals surface area contributed by atoms with Crippen LogP contribution in [0.25, 0.3) is 0 Å². The van der Waals surface area contributed by atoms with Crippen molar-refractivity contribution >= 4 is 0 Å². The Balaban J connectivity index is 2.43. The molecule has 1 atom stereocenters. The van der Waals surface area contributed by atoms with E-state index >= 15 is 0 Å². The normalized spacial score (nSPS) is 15.7. The van der Waals surface area contributed by atoms with E-state index in [4.69, 9.17) is 19.9 Å². The fourth-order valence-corrected chi connectivity index (χ4v) is 1.62. The summed E-state index contributed by atoms with van der Waals surface area (Å²) in [7, 11) is 1.55. The average Bonchev–Trinajstić information content (AvgIpc) is 2.36. The smallest absolute Gasteiger partial charge is 0.203 e. The number of aliphatic hydroxyl groups excluding tert-OH is 1. The van der Waals surface area contributed by atoms with Gasteiger partial charge in [-0.2, -0.15) is 0 Å². The van der Waals surface area contributed by atoms with Crippen molar-refractivity contribution in [3.63, 3.8) is 0 Å². The van der Waals surface area contributed by atoms with Gasteiger partial charge in [0, 0.05) is 6.54 Å². The molecule has 0 fully saturated rings. The number of hydrogen-bond donors (Lipinski definition) is 2. The molecular weight excluding hydrogens is 210 g/mol. The molecule has 1 aliphatic heterocycles. The van der Waals surface area contributed by atoms with E-state index in [1.54, 1.807) is 19.2 Å². The van der Waals surface area contributed by atoms with E-state index in [0.717, 1.165) is 0 Å². The maximum Gasteiger partial charge on any atom is 0.203 e. The number of rotatable bonds is 3. The Kier molecular flexibility index (Phi) is 3.17. The highest BCUT2D eigenvalue weighted by molar-refractivity contribution is 5.54. The Bertz CT molecular complexity index is 363. The average molecular weight is 225 g/mol. The Morgan fingerprint density at radius 1 is 1.44 bits per heavy atom. The molecule has 3 N–H and O–H groups in total. The first-order valence-electron chi connectivity index (χ1n) is 5.12. The predicted molar refractivity (Wildman–Crippen MR) is 58.0 cm³/mol. The van der Waals surface area contributed by atoms with Gasteiger partial charge in [-0.05, 0) is 17.7 Å². The van der Waals surface area contributed by atoms with Crippen molar-refractivity contribution in [1.29, 1.82) is 0 Å². The molecule has 0 aliphatic carbocycles. The molecule has 88 valence electrons. The van der Waals surface area contributed by atoms with E-state index in [0.29, 0.717) is 36.0 Å². The van der Waals surface area contributed by atoms with Gasteiger partial charge in [-0.1, -0.05) is 0 Å². The van der Waals surface area contributed by atoms with Gasteiger partial charge in [0.2, 0.25) is 5.75 Å². The molecule has 0 saturated carbocycles. The van der Waals surface area contributed by atoms with Crippen LogP contribution in [0.1, 0.15) is 11.7 Å². The number of benzene rings is 1. The van der Waals surface area contributed by atoms with E-state index in [2.05, 4.69) is 0 Å². The van der Waals surface area contributed by atoms with Gasteiger partial charge in [0.15, 0.2) is 11.5 Å². The molecule has 1 aromatic rings. The van der Waals surface area contributed by atoms with E-state index in [-0.39, 0.29) is 6.54 Å². The third-order valence-electron chi connectivity index (χ3n) is 2.46. The van der Waals surface area contributed by atoms with Crippen molar-refractivity contribution in [2.75, 3.05) is 26.9 Å². The van der Waals surface area contributed by atoms with E-state index in [1.807, 2.05) is 0 Å². The molecule has 2 rings (SSSR count). The highest BCUT2D eigenvalue weighted by atomic mass is 16.6. The van der Waals surface area contributed by atoms with Crippen molar-refractivity contribution < 1.29 is 19.3 Å². The molecule has 0 spiro atoms. The van der Waals surface area contributed by atoms with Gasteiger partial charge < -0.3 is 25.1 Å². The molecular formula is C11H15NO4. The van der Waals surface area contributed by atoms with Crippen molar-refractivity contribution in [2.45, 2.75) is 6.10 Å². The van der Waals surface area contributed by atoms with Gasteiger partial charge in [-0.25, -0.2) is 0 Å². The molecule has 0 amide bonds. The summed E-state index contributed by atoms with van der Waals surface area (Å²) < 4.78 is 16.1. The van der Waals surface area contributed by atoms with Gasteiger partial charge in [-0.15, -0.1) is 0 Å². The largest absolute Gasteiger partial charge is 0.493 e. The van der Waals surface area contributed by atoms with Crippen LogP contribution < -0.4 is 19.9 Å². The van der Waals surface area contributed by atoms with E-state index in [1.165, 1.54) is 0 Å². The molecule has 1 heterocycles. The topological polar surface area (TPSA) is 73.9 Å². The third kappa shape index (κ3) is 1.91. The number of aliphatic hydroxyl groups is 1. The first kappa shape index (κ1) is 11.0. The second-order valence-electron chi connectivity index (χ2n) is 3.50. The van der Waals surface area contributed by atoms with Gasteiger partial charge >= 0.3 is 0 Å². The van der Waals surface area contributed by atoms with Crippen molar-refractivity contribution in [1.82, 2.24) is 0 Å². The van der Waals surface area contributed by atoms with Gasteiger partial charge in [0.25, 0.3) is 0 Å². The molecule has 5 nitrogen and oxygen atoms in total. The maximum absolute atomic E-state index is 9.67. The molecule has 5 heteroatoms. The van der Waals surface area contributed by atoms with Crippen LogP contribution in [0.2, 0.25) is 0 Å². The maximum atomic E-state index is 9.67. The number of fused-ring (bicyclic) bond motifs is 1. The quantitative estimate of drug-likeness (QED) is 0.781. The minimum atomic E-state index is -0.718. The molecule has 0 aromatic heterocycles. The van der Waals surface area contributed by atoms with Gasteiger partial charge in [0.05, 0.1) is 13.2 Å². The lowest BCUT2D eigenvalue weighted by molar-refractivity contribution is 0.160. The fraction of sp³-hybridized carbons (Fsp3) is 0.455. The fourth-order valence-electron chi connectivity index (χ4n) is 1.62. The Morgan fingerprint density at radius 2 is 2.19 bits per heavy atom. The van der Waals surface area contributed by atoms with Crippen molar-refractivity contribution in [3.8, 4) is 17.2 Å². The molecule has 0 unspecified atom stereocenters. The minimum absolute atomic E-state index is 0.156. The van der Waals surface area contributed by atoms with Crippen LogP contribution in [-0.2, 0) is 0 Å². The summed E-state index contributed by atoms with van der Waals surface area (Å²) in [6, 6.07) is 3.44. The summed E-state index contributed by atoms with van der Waals surface area (Å²) in [5.41, 5.74) is 6.08. The summed E-state index contributed by atoms with van der Waals surface area (Å²) in [4.78, 5) is 0. The molecule has 0 bridgehead atoms. The summed E-state index contributed by atoms with van der Waals surface area (Å²) >= 11 is 0. The second-order valence-corrected chi connectivity index (χ2v) is 3.50. The standard InChI is InChI=1S/C11H15NO4/c1-14-9-4-7(8(13)6-12)5-10-11(9)16-3-2-15-10/h4-5,8,13H,2-3,6,12H2,1H3/t8-/m1/s1. The van der Waals surface area contributed by atoms with Crippen molar-refractivity contribution in [3.05, 3.63) is 17.7 Å². The lowest BCUT2D eigenvalue weighted by Gasteiger charge is -2.22. The van der Waals surface area contributed by atoms with Crippen molar-refractivity contribution in [2.24, 2.45) is 5.73 Å². The van der Waals surface area contributed by atoms with Crippen LogP contribution in [-0.4, -0.2) is 32.0 Å². The predicted octanol–water partition coefficient (Wildman–Crippen LogP) is 0.458. The van der Waals surface area contributed by atoms with Crippen LogP contribution in [0, 0.1) is 0 Å². The Morgan fingerprint density at radius 3 is 2.88 bits per heavy atom. The highest BCUT2D eigenvalue weighted by Gasteiger charge is 2.20. The number of nitrogens with two attached hydrogens (primary N) is 1. The van der Waals surface area contributed by atoms with Crippen LogP contribution in [0.5, 0.6) is 17.2 Å². The summed E-state index contributed by atoms with van der Waals surface area (Å²) in [5.74, 6) is 1.73. The summed E-state index contributed by atoms with van der Waals surface area (Å²) in [6.07, 6.45) is -0.718. The van der Waals surface area contributed by atoms with Crippen LogP contribution in [0.3, 0.4) is 0 Å². The molecule has 0 radical (unpaired) electrons. The third-order valence-corrected chi connectivity index (χ3v) is 2.46. The lowest BCUT2D eigenvalue weighted by Crippen LogP contribution is -2.17. The zero-order valence-corrected chi connectivity index (χ0v) is 9.10. The second kappa shape index (κ2) is 4.59. The van der Waals surface area contributed by atoms with Gasteiger partial charge in [-0.3, -0.25) is 0 Å². The molecule has 1 aromatic carbocycles. The summed E-state index contributed by atoms with van der Waals surface area (Å²) in [6.45, 7) is 1.16. The SMILES string of the molecule is COc1cc([C@H](O)CN)cc2c1OCCO2. The minimum Gasteiger partial charge on any atom is -0.493 e. The van der Waals surface area contributed by atoms with E-state index in [9.17, 15) is 5.11 Å². The first-order valence-corrected chi connectivity index (χ1v) is 5.12.